The van der Waals surface area contributed by atoms with Crippen LogP contribution in [0.25, 0.3) is 0 Å². The SMILES string of the molecule is O=C(CN(/N=C/c1ccc(Cl)cc1)C(=O)c1ccncc1)N1CCN(c2ccc([N+](=O)[O-])cc2)CC1. The number of rotatable bonds is 7. The fourth-order valence-electron chi connectivity index (χ4n) is 3.72. The highest BCUT2D eigenvalue weighted by Crippen LogP contribution is 2.21. The zero-order chi connectivity index (χ0) is 25.5. The lowest BCUT2D eigenvalue weighted by Crippen LogP contribution is -2.51. The molecule has 0 bridgehead atoms. The molecule has 0 radical (unpaired) electrons. The first-order chi connectivity index (χ1) is 17.4. The standard InChI is InChI=1S/C25H23ClN6O4/c26-21-3-1-19(2-4-21)17-28-31(25(34)20-9-11-27-12-10-20)18-24(33)30-15-13-29(14-16-30)22-5-7-23(8-6-22)32(35)36/h1-12,17H,13-16,18H2/b28-17+. The van der Waals surface area contributed by atoms with Gasteiger partial charge >= 0.3 is 0 Å². The summed E-state index contributed by atoms with van der Waals surface area (Å²) in [4.78, 5) is 44.3. The summed E-state index contributed by atoms with van der Waals surface area (Å²) in [5.74, 6) is -0.644. The van der Waals surface area contributed by atoms with Crippen molar-refractivity contribution in [2.75, 3.05) is 37.6 Å². The molecule has 184 valence electrons. The maximum atomic E-state index is 13.1. The van der Waals surface area contributed by atoms with E-state index in [1.165, 1.54) is 30.7 Å². The lowest BCUT2D eigenvalue weighted by molar-refractivity contribution is -0.384. The van der Waals surface area contributed by atoms with Gasteiger partial charge in [0.05, 0.1) is 11.1 Å². The molecule has 0 spiro atoms. The zero-order valence-electron chi connectivity index (χ0n) is 19.2. The van der Waals surface area contributed by atoms with Gasteiger partial charge in [-0.05, 0) is 42.0 Å². The molecule has 0 aliphatic carbocycles. The number of nitrogens with zero attached hydrogens (tertiary/aromatic N) is 6. The molecule has 4 rings (SSSR count). The highest BCUT2D eigenvalue weighted by Gasteiger charge is 2.25. The predicted octanol–water partition coefficient (Wildman–Crippen LogP) is 3.47. The highest BCUT2D eigenvalue weighted by molar-refractivity contribution is 6.30. The Labute approximate surface area is 212 Å². The van der Waals surface area contributed by atoms with Gasteiger partial charge in [-0.2, -0.15) is 5.10 Å². The molecule has 0 atom stereocenters. The van der Waals surface area contributed by atoms with Crippen LogP contribution in [0.1, 0.15) is 15.9 Å². The minimum atomic E-state index is -0.436. The van der Waals surface area contributed by atoms with Crippen molar-refractivity contribution in [2.24, 2.45) is 5.10 Å². The number of hydrazone groups is 1. The second-order valence-electron chi connectivity index (χ2n) is 8.04. The van der Waals surface area contributed by atoms with E-state index in [0.29, 0.717) is 36.8 Å². The third-order valence-electron chi connectivity index (χ3n) is 5.72. The number of carbonyl (C=O) groups excluding carboxylic acids is 2. The van der Waals surface area contributed by atoms with Crippen LogP contribution in [0.4, 0.5) is 11.4 Å². The Morgan fingerprint density at radius 3 is 2.25 bits per heavy atom. The summed E-state index contributed by atoms with van der Waals surface area (Å²) in [6.07, 6.45) is 4.52. The van der Waals surface area contributed by atoms with Crippen molar-refractivity contribution >= 4 is 41.0 Å². The van der Waals surface area contributed by atoms with E-state index < -0.39 is 10.8 Å². The summed E-state index contributed by atoms with van der Waals surface area (Å²) >= 11 is 5.93. The van der Waals surface area contributed by atoms with Crippen molar-refractivity contribution in [3.05, 3.63) is 99.3 Å². The molecule has 36 heavy (non-hydrogen) atoms. The van der Waals surface area contributed by atoms with Crippen molar-refractivity contribution in [1.29, 1.82) is 0 Å². The van der Waals surface area contributed by atoms with Gasteiger partial charge in [0.1, 0.15) is 6.54 Å². The topological polar surface area (TPSA) is 112 Å². The largest absolute Gasteiger partial charge is 0.368 e. The number of nitro groups is 1. The van der Waals surface area contributed by atoms with E-state index in [-0.39, 0.29) is 18.1 Å². The third kappa shape index (κ3) is 6.22. The van der Waals surface area contributed by atoms with Crippen LogP contribution >= 0.6 is 11.6 Å². The van der Waals surface area contributed by atoms with E-state index in [9.17, 15) is 19.7 Å². The number of amides is 2. The maximum absolute atomic E-state index is 13.1. The number of nitro benzene ring substituents is 1. The molecule has 2 amide bonds. The molecule has 1 fully saturated rings. The summed E-state index contributed by atoms with van der Waals surface area (Å²) in [7, 11) is 0. The number of aromatic nitrogens is 1. The van der Waals surface area contributed by atoms with E-state index in [1.807, 2.05) is 0 Å². The fraction of sp³-hybridized carbons (Fsp3) is 0.200. The summed E-state index contributed by atoms with van der Waals surface area (Å²) in [6.45, 7) is 1.82. The lowest BCUT2D eigenvalue weighted by atomic mass is 10.2. The number of pyridine rings is 1. The van der Waals surface area contributed by atoms with Crippen molar-refractivity contribution in [3.63, 3.8) is 0 Å². The van der Waals surface area contributed by atoms with E-state index in [0.717, 1.165) is 16.3 Å². The van der Waals surface area contributed by atoms with Crippen LogP contribution in [0.5, 0.6) is 0 Å². The fourth-order valence-corrected chi connectivity index (χ4v) is 3.85. The molecule has 11 heteroatoms. The number of benzene rings is 2. The third-order valence-corrected chi connectivity index (χ3v) is 5.97. The number of non-ortho nitro benzene ring substituents is 1. The van der Waals surface area contributed by atoms with Gasteiger partial charge in [-0.25, -0.2) is 5.01 Å². The van der Waals surface area contributed by atoms with Crippen LogP contribution in [0.3, 0.4) is 0 Å². The Hall–Kier alpha value is -4.31. The van der Waals surface area contributed by atoms with Gasteiger partial charge in [0, 0.05) is 67.0 Å². The average Bonchev–Trinajstić information content (AvgIpc) is 2.92. The second kappa shape index (κ2) is 11.4. The van der Waals surface area contributed by atoms with E-state index in [4.69, 9.17) is 11.6 Å². The Bertz CT molecular complexity index is 1240. The van der Waals surface area contributed by atoms with E-state index in [1.54, 1.807) is 53.4 Å². The van der Waals surface area contributed by atoms with Crippen molar-refractivity contribution in [1.82, 2.24) is 14.9 Å². The van der Waals surface area contributed by atoms with Gasteiger partial charge in [-0.3, -0.25) is 24.7 Å². The van der Waals surface area contributed by atoms with Gasteiger partial charge in [0.25, 0.3) is 11.6 Å². The van der Waals surface area contributed by atoms with Gasteiger partial charge in [-0.1, -0.05) is 23.7 Å². The Morgan fingerprint density at radius 2 is 1.64 bits per heavy atom. The smallest absolute Gasteiger partial charge is 0.274 e. The zero-order valence-corrected chi connectivity index (χ0v) is 20.0. The molecular formula is C25H23ClN6O4. The number of carbonyl (C=O) groups is 2. The van der Waals surface area contributed by atoms with Gasteiger partial charge < -0.3 is 9.80 Å². The summed E-state index contributed by atoms with van der Waals surface area (Å²) in [5.41, 5.74) is 1.99. The Morgan fingerprint density at radius 1 is 1.00 bits per heavy atom. The first-order valence-corrected chi connectivity index (χ1v) is 11.6. The summed E-state index contributed by atoms with van der Waals surface area (Å²) in [5, 5.41) is 16.9. The van der Waals surface area contributed by atoms with Crippen LogP contribution < -0.4 is 4.90 Å². The number of piperazine rings is 1. The molecule has 1 aliphatic heterocycles. The average molecular weight is 507 g/mol. The van der Waals surface area contributed by atoms with Crippen LogP contribution in [0.15, 0.2) is 78.2 Å². The number of hydrogen-bond acceptors (Lipinski definition) is 7. The summed E-state index contributed by atoms with van der Waals surface area (Å²) in [6, 6.07) is 16.4. The van der Waals surface area contributed by atoms with Crippen LogP contribution in [0, 0.1) is 10.1 Å². The molecule has 3 aromatic rings. The Kier molecular flexibility index (Phi) is 7.86. The normalized spacial score (nSPS) is 13.6. The van der Waals surface area contributed by atoms with Crippen molar-refractivity contribution in [2.45, 2.75) is 0 Å². The molecule has 0 unspecified atom stereocenters. The molecule has 1 aromatic heterocycles. The molecular weight excluding hydrogens is 484 g/mol. The molecule has 0 N–H and O–H groups in total. The highest BCUT2D eigenvalue weighted by atomic mass is 35.5. The molecule has 1 aliphatic rings. The number of halogens is 1. The van der Waals surface area contributed by atoms with E-state index >= 15 is 0 Å². The maximum Gasteiger partial charge on any atom is 0.274 e. The van der Waals surface area contributed by atoms with Crippen LogP contribution in [0.2, 0.25) is 5.02 Å². The second-order valence-corrected chi connectivity index (χ2v) is 8.47. The molecule has 2 aromatic carbocycles. The minimum absolute atomic E-state index is 0.0330. The van der Waals surface area contributed by atoms with Crippen LogP contribution in [-0.2, 0) is 4.79 Å². The monoisotopic (exact) mass is 506 g/mol. The van der Waals surface area contributed by atoms with E-state index in [2.05, 4.69) is 15.0 Å². The Balaban J connectivity index is 1.42. The van der Waals surface area contributed by atoms with Crippen LogP contribution in [-0.4, -0.2) is 70.6 Å². The first-order valence-electron chi connectivity index (χ1n) is 11.2. The molecule has 10 nitrogen and oxygen atoms in total. The summed E-state index contributed by atoms with van der Waals surface area (Å²) < 4.78 is 0. The van der Waals surface area contributed by atoms with Gasteiger partial charge in [0.15, 0.2) is 0 Å². The first kappa shape index (κ1) is 24.8. The van der Waals surface area contributed by atoms with Gasteiger partial charge in [0.2, 0.25) is 5.91 Å². The van der Waals surface area contributed by atoms with Crippen molar-refractivity contribution < 1.29 is 14.5 Å². The van der Waals surface area contributed by atoms with Crippen molar-refractivity contribution in [3.8, 4) is 0 Å². The number of anilines is 1. The molecule has 2 heterocycles. The molecule has 0 saturated carbocycles. The minimum Gasteiger partial charge on any atom is -0.368 e. The molecule has 1 saturated heterocycles. The van der Waals surface area contributed by atoms with Gasteiger partial charge in [-0.15, -0.1) is 0 Å². The predicted molar refractivity (Wildman–Crippen MR) is 136 cm³/mol. The quantitative estimate of drug-likeness (QED) is 0.275. The number of hydrogen-bond donors (Lipinski definition) is 0. The lowest BCUT2D eigenvalue weighted by Gasteiger charge is -2.36.